The molecule has 1 atom stereocenters. The van der Waals surface area contributed by atoms with E-state index in [4.69, 9.17) is 33.7 Å². The minimum Gasteiger partial charge on any atom is -0.482 e. The van der Waals surface area contributed by atoms with E-state index >= 15 is 0 Å². The normalized spacial score (nSPS) is 16.5. The number of anilines is 2. The smallest absolute Gasteiger partial charge is 0.262 e. The molecule has 3 N–H and O–H groups in total. The van der Waals surface area contributed by atoms with Gasteiger partial charge in [-0.3, -0.25) is 9.59 Å². The van der Waals surface area contributed by atoms with Crippen LogP contribution < -0.4 is 20.7 Å². The van der Waals surface area contributed by atoms with Crippen LogP contribution in [0.2, 0.25) is 10.0 Å². The zero-order valence-electron chi connectivity index (χ0n) is 15.0. The van der Waals surface area contributed by atoms with Gasteiger partial charge >= 0.3 is 0 Å². The van der Waals surface area contributed by atoms with Gasteiger partial charge in [-0.1, -0.05) is 23.2 Å². The van der Waals surface area contributed by atoms with Crippen LogP contribution in [0.4, 0.5) is 11.5 Å². The number of halogens is 2. The van der Waals surface area contributed by atoms with Crippen molar-refractivity contribution in [2.24, 2.45) is 11.7 Å². The molecule has 1 aromatic heterocycles. The predicted octanol–water partition coefficient (Wildman–Crippen LogP) is 3.11. The Bertz CT molecular complexity index is 861. The molecule has 1 unspecified atom stereocenters. The standard InChI is InChI=1S/C19H20Cl2N4O3/c20-13-3-5-16(15(21)8-13)28-11-18(26)24-14-4-6-17(23-9-14)25-7-1-2-12(10-25)19(22)27/h3-6,8-9,12H,1-2,7,10-11H2,(H2,22,27)(H,24,26). The lowest BCUT2D eigenvalue weighted by Crippen LogP contribution is -2.41. The minimum atomic E-state index is -0.340. The van der Waals surface area contributed by atoms with Gasteiger partial charge in [-0.05, 0) is 43.2 Å². The zero-order chi connectivity index (χ0) is 20.1. The molecule has 9 heteroatoms. The number of rotatable bonds is 6. The van der Waals surface area contributed by atoms with Gasteiger partial charge in [0.1, 0.15) is 11.6 Å². The van der Waals surface area contributed by atoms with Gasteiger partial charge in [0, 0.05) is 18.1 Å². The van der Waals surface area contributed by atoms with Gasteiger partial charge in [0.25, 0.3) is 5.91 Å². The van der Waals surface area contributed by atoms with Crippen molar-refractivity contribution in [2.75, 3.05) is 29.9 Å². The quantitative estimate of drug-likeness (QED) is 0.744. The van der Waals surface area contributed by atoms with Crippen LogP contribution in [0.15, 0.2) is 36.5 Å². The minimum absolute atomic E-state index is 0.160. The highest BCUT2D eigenvalue weighted by atomic mass is 35.5. The largest absolute Gasteiger partial charge is 0.482 e. The Morgan fingerprint density at radius 2 is 2.11 bits per heavy atom. The lowest BCUT2D eigenvalue weighted by Gasteiger charge is -2.32. The number of carbonyl (C=O) groups excluding carboxylic acids is 2. The van der Waals surface area contributed by atoms with E-state index in [1.54, 1.807) is 36.5 Å². The van der Waals surface area contributed by atoms with Gasteiger partial charge in [-0.25, -0.2) is 4.98 Å². The van der Waals surface area contributed by atoms with Gasteiger partial charge in [0.05, 0.1) is 22.8 Å². The molecule has 0 bridgehead atoms. The summed E-state index contributed by atoms with van der Waals surface area (Å²) in [6.07, 6.45) is 3.26. The molecule has 2 heterocycles. The number of primary amides is 1. The molecule has 148 valence electrons. The number of nitrogens with one attached hydrogen (secondary N) is 1. The van der Waals surface area contributed by atoms with Crippen molar-refractivity contribution in [3.63, 3.8) is 0 Å². The van der Waals surface area contributed by atoms with Crippen LogP contribution in [0.5, 0.6) is 5.75 Å². The van der Waals surface area contributed by atoms with Crippen molar-refractivity contribution in [2.45, 2.75) is 12.8 Å². The predicted molar refractivity (Wildman–Crippen MR) is 109 cm³/mol. The van der Waals surface area contributed by atoms with Crippen molar-refractivity contribution >= 4 is 46.5 Å². The molecule has 0 spiro atoms. The Hall–Kier alpha value is -2.51. The Morgan fingerprint density at radius 3 is 2.79 bits per heavy atom. The average Bonchev–Trinajstić information content (AvgIpc) is 2.68. The summed E-state index contributed by atoms with van der Waals surface area (Å²) in [6.45, 7) is 1.18. The number of aromatic nitrogens is 1. The molecule has 2 aromatic rings. The fourth-order valence-electron chi connectivity index (χ4n) is 3.00. The Morgan fingerprint density at radius 1 is 1.29 bits per heavy atom. The highest BCUT2D eigenvalue weighted by Crippen LogP contribution is 2.27. The van der Waals surface area contributed by atoms with E-state index in [0.717, 1.165) is 25.2 Å². The second-order valence-electron chi connectivity index (χ2n) is 6.50. The van der Waals surface area contributed by atoms with Crippen LogP contribution in [0, 0.1) is 5.92 Å². The van der Waals surface area contributed by atoms with Crippen LogP contribution in [0.25, 0.3) is 0 Å². The molecule has 3 rings (SSSR count). The van der Waals surface area contributed by atoms with E-state index in [2.05, 4.69) is 10.3 Å². The number of benzene rings is 1. The maximum Gasteiger partial charge on any atom is 0.262 e. The van der Waals surface area contributed by atoms with Crippen molar-refractivity contribution in [3.05, 3.63) is 46.6 Å². The summed E-state index contributed by atoms with van der Waals surface area (Å²) in [4.78, 5) is 29.9. The summed E-state index contributed by atoms with van der Waals surface area (Å²) < 4.78 is 5.40. The number of pyridine rings is 1. The summed E-state index contributed by atoms with van der Waals surface area (Å²) in [5, 5.41) is 3.54. The topological polar surface area (TPSA) is 97.6 Å². The second-order valence-corrected chi connectivity index (χ2v) is 7.35. The maximum atomic E-state index is 12.1. The molecule has 28 heavy (non-hydrogen) atoms. The van der Waals surface area contributed by atoms with Gasteiger partial charge in [-0.15, -0.1) is 0 Å². The van der Waals surface area contributed by atoms with Crippen LogP contribution >= 0.6 is 23.2 Å². The van der Waals surface area contributed by atoms with Crippen molar-refractivity contribution in [1.82, 2.24) is 4.98 Å². The van der Waals surface area contributed by atoms with E-state index in [-0.39, 0.29) is 24.3 Å². The summed E-state index contributed by atoms with van der Waals surface area (Å²) in [5.41, 5.74) is 5.96. The third kappa shape index (κ3) is 5.27. The van der Waals surface area contributed by atoms with E-state index in [1.807, 2.05) is 4.90 Å². The Balaban J connectivity index is 1.53. The monoisotopic (exact) mass is 422 g/mol. The number of nitrogens with zero attached hydrogens (tertiary/aromatic N) is 2. The molecule has 1 fully saturated rings. The number of hydrogen-bond donors (Lipinski definition) is 2. The molecular formula is C19H20Cl2N4O3. The van der Waals surface area contributed by atoms with Crippen LogP contribution in [-0.4, -0.2) is 36.5 Å². The van der Waals surface area contributed by atoms with Crippen LogP contribution in [-0.2, 0) is 9.59 Å². The average molecular weight is 423 g/mol. The second kappa shape index (κ2) is 9.12. The number of ether oxygens (including phenoxy) is 1. The maximum absolute atomic E-state index is 12.1. The third-order valence-corrected chi connectivity index (χ3v) is 4.96. The zero-order valence-corrected chi connectivity index (χ0v) is 16.5. The highest BCUT2D eigenvalue weighted by Gasteiger charge is 2.24. The molecule has 2 amide bonds. The van der Waals surface area contributed by atoms with E-state index in [0.29, 0.717) is 28.0 Å². The SMILES string of the molecule is NC(=O)C1CCCN(c2ccc(NC(=O)COc3ccc(Cl)cc3Cl)cn2)C1. The Kier molecular flexibility index (Phi) is 6.59. The van der Waals surface area contributed by atoms with Gasteiger partial charge in [0.2, 0.25) is 5.91 Å². The van der Waals surface area contributed by atoms with E-state index in [9.17, 15) is 9.59 Å². The molecule has 1 aliphatic rings. The summed E-state index contributed by atoms with van der Waals surface area (Å²) in [6, 6.07) is 8.33. The number of nitrogens with two attached hydrogens (primary N) is 1. The van der Waals surface area contributed by atoms with Crippen molar-refractivity contribution < 1.29 is 14.3 Å². The van der Waals surface area contributed by atoms with Crippen molar-refractivity contribution in [1.29, 1.82) is 0 Å². The fourth-order valence-corrected chi connectivity index (χ4v) is 3.46. The first-order valence-electron chi connectivity index (χ1n) is 8.80. The summed E-state index contributed by atoms with van der Waals surface area (Å²) in [5.74, 6) is 0.338. The van der Waals surface area contributed by atoms with E-state index < -0.39 is 0 Å². The third-order valence-electron chi connectivity index (χ3n) is 4.43. The summed E-state index contributed by atoms with van der Waals surface area (Å²) >= 11 is 11.8. The number of hydrogen-bond acceptors (Lipinski definition) is 5. The lowest BCUT2D eigenvalue weighted by molar-refractivity contribution is -0.122. The van der Waals surface area contributed by atoms with Crippen molar-refractivity contribution in [3.8, 4) is 5.75 Å². The van der Waals surface area contributed by atoms with Crippen LogP contribution in [0.1, 0.15) is 12.8 Å². The van der Waals surface area contributed by atoms with E-state index in [1.165, 1.54) is 0 Å². The molecule has 0 saturated carbocycles. The number of piperidine rings is 1. The number of amides is 2. The van der Waals surface area contributed by atoms with Gasteiger partial charge < -0.3 is 20.7 Å². The molecule has 7 nitrogen and oxygen atoms in total. The molecule has 1 aromatic carbocycles. The first-order chi connectivity index (χ1) is 13.4. The molecule has 0 radical (unpaired) electrons. The molecular weight excluding hydrogens is 403 g/mol. The summed E-state index contributed by atoms with van der Waals surface area (Å²) in [7, 11) is 0. The Labute approximate surface area is 172 Å². The van der Waals surface area contributed by atoms with Gasteiger partial charge in [0.15, 0.2) is 6.61 Å². The molecule has 0 aliphatic carbocycles. The number of carbonyl (C=O) groups is 2. The molecule has 1 saturated heterocycles. The fraction of sp³-hybridized carbons (Fsp3) is 0.316. The highest BCUT2D eigenvalue weighted by molar-refractivity contribution is 6.35. The van der Waals surface area contributed by atoms with Crippen LogP contribution in [0.3, 0.4) is 0 Å². The lowest BCUT2D eigenvalue weighted by atomic mass is 9.97. The van der Waals surface area contributed by atoms with Gasteiger partial charge in [-0.2, -0.15) is 0 Å². The first-order valence-corrected chi connectivity index (χ1v) is 9.56. The molecule has 1 aliphatic heterocycles. The first kappa shape index (κ1) is 20.2.